The highest BCUT2D eigenvalue weighted by atomic mass is 15.3. The highest BCUT2D eigenvalue weighted by Gasteiger charge is 2.24. The van der Waals surface area contributed by atoms with Gasteiger partial charge in [-0.05, 0) is 37.5 Å². The number of hydrogen-bond donors (Lipinski definition) is 0. The second kappa shape index (κ2) is 6.87. The topological polar surface area (TPSA) is 34.0 Å². The van der Waals surface area contributed by atoms with Crippen molar-refractivity contribution in [2.75, 3.05) is 18.0 Å². The highest BCUT2D eigenvalue weighted by Crippen LogP contribution is 2.33. The molecule has 4 heteroatoms. The van der Waals surface area contributed by atoms with Gasteiger partial charge in [-0.25, -0.2) is 0 Å². The van der Waals surface area contributed by atoms with Crippen LogP contribution >= 0.6 is 0 Å². The maximum atomic E-state index is 4.85. The van der Waals surface area contributed by atoms with Crippen LogP contribution in [-0.4, -0.2) is 27.9 Å². The first-order chi connectivity index (χ1) is 12.3. The molecule has 3 aromatic rings. The van der Waals surface area contributed by atoms with Gasteiger partial charge in [-0.15, -0.1) is 0 Å². The predicted octanol–water partition coefficient (Wildman–Crippen LogP) is 4.30. The van der Waals surface area contributed by atoms with Crippen LogP contribution in [0.15, 0.2) is 42.6 Å². The standard InChI is InChI=1S/C21H26N4/c1-3-6-17-15-21(18-7-4-5-8-19(18)23-17)25-13-10-16(11-14-25)20-9-12-22-24(20)2/h4-5,7-9,12,15-16H,3,6,10-11,13-14H2,1-2H3. The predicted molar refractivity (Wildman–Crippen MR) is 103 cm³/mol. The number of rotatable bonds is 4. The number of anilines is 1. The van der Waals surface area contributed by atoms with Gasteiger partial charge in [0.2, 0.25) is 0 Å². The molecule has 0 radical (unpaired) electrons. The summed E-state index contributed by atoms with van der Waals surface area (Å²) >= 11 is 0. The Labute approximate surface area is 149 Å². The molecule has 0 unspecified atom stereocenters. The Morgan fingerprint density at radius 2 is 1.92 bits per heavy atom. The molecule has 0 aliphatic carbocycles. The van der Waals surface area contributed by atoms with E-state index in [0.29, 0.717) is 5.92 Å². The molecule has 0 saturated carbocycles. The van der Waals surface area contributed by atoms with Crippen molar-refractivity contribution in [2.45, 2.75) is 38.5 Å². The van der Waals surface area contributed by atoms with E-state index in [-0.39, 0.29) is 0 Å². The second-order valence-electron chi connectivity index (χ2n) is 7.04. The third-order valence-corrected chi connectivity index (χ3v) is 5.37. The summed E-state index contributed by atoms with van der Waals surface area (Å²) in [6.45, 7) is 4.40. The van der Waals surface area contributed by atoms with E-state index >= 15 is 0 Å². The fourth-order valence-corrected chi connectivity index (χ4v) is 4.06. The number of fused-ring (bicyclic) bond motifs is 1. The van der Waals surface area contributed by atoms with Gasteiger partial charge in [0.1, 0.15) is 0 Å². The van der Waals surface area contributed by atoms with Crippen molar-refractivity contribution in [2.24, 2.45) is 7.05 Å². The number of para-hydroxylation sites is 1. The summed E-state index contributed by atoms with van der Waals surface area (Å²) in [5, 5.41) is 5.62. The zero-order chi connectivity index (χ0) is 17.2. The van der Waals surface area contributed by atoms with Crippen molar-refractivity contribution >= 4 is 16.6 Å². The first-order valence-electron chi connectivity index (χ1n) is 9.37. The summed E-state index contributed by atoms with van der Waals surface area (Å²) in [6, 6.07) is 13.0. The Balaban J connectivity index is 1.61. The first-order valence-corrected chi connectivity index (χ1v) is 9.37. The SMILES string of the molecule is CCCc1cc(N2CCC(c3ccnn3C)CC2)c2ccccc2n1. The largest absolute Gasteiger partial charge is 0.371 e. The van der Waals surface area contributed by atoms with Gasteiger partial charge >= 0.3 is 0 Å². The molecule has 0 spiro atoms. The van der Waals surface area contributed by atoms with Crippen LogP contribution in [0.4, 0.5) is 5.69 Å². The van der Waals surface area contributed by atoms with Crippen molar-refractivity contribution in [3.8, 4) is 0 Å². The van der Waals surface area contributed by atoms with E-state index in [0.717, 1.165) is 31.4 Å². The Hall–Kier alpha value is -2.36. The molecule has 25 heavy (non-hydrogen) atoms. The number of pyridine rings is 1. The molecule has 0 amide bonds. The Kier molecular flexibility index (Phi) is 4.43. The van der Waals surface area contributed by atoms with Gasteiger partial charge in [0.15, 0.2) is 0 Å². The number of piperidine rings is 1. The molecular formula is C21H26N4. The molecule has 3 heterocycles. The Bertz CT molecular complexity index is 859. The zero-order valence-electron chi connectivity index (χ0n) is 15.2. The smallest absolute Gasteiger partial charge is 0.0726 e. The zero-order valence-corrected chi connectivity index (χ0v) is 15.2. The van der Waals surface area contributed by atoms with Gasteiger partial charge in [0.25, 0.3) is 0 Å². The monoisotopic (exact) mass is 334 g/mol. The van der Waals surface area contributed by atoms with Crippen LogP contribution < -0.4 is 4.90 Å². The molecule has 0 atom stereocenters. The molecule has 1 fully saturated rings. The van der Waals surface area contributed by atoms with Crippen LogP contribution in [0.3, 0.4) is 0 Å². The quantitative estimate of drug-likeness (QED) is 0.713. The number of aromatic nitrogens is 3. The van der Waals surface area contributed by atoms with Crippen molar-refractivity contribution in [3.05, 3.63) is 54.0 Å². The van der Waals surface area contributed by atoms with E-state index < -0.39 is 0 Å². The van der Waals surface area contributed by atoms with E-state index in [1.54, 1.807) is 0 Å². The van der Waals surface area contributed by atoms with Crippen LogP contribution in [0.5, 0.6) is 0 Å². The number of hydrogen-bond acceptors (Lipinski definition) is 3. The molecule has 1 saturated heterocycles. The minimum atomic E-state index is 0.618. The summed E-state index contributed by atoms with van der Waals surface area (Å²) in [5.41, 5.74) is 5.06. The third-order valence-electron chi connectivity index (χ3n) is 5.37. The molecule has 2 aromatic heterocycles. The lowest BCUT2D eigenvalue weighted by Crippen LogP contribution is -2.33. The summed E-state index contributed by atoms with van der Waals surface area (Å²) in [6.07, 6.45) is 6.45. The minimum Gasteiger partial charge on any atom is -0.371 e. The first kappa shape index (κ1) is 16.1. The van der Waals surface area contributed by atoms with E-state index in [9.17, 15) is 0 Å². The van der Waals surface area contributed by atoms with Crippen LogP contribution in [0, 0.1) is 0 Å². The van der Waals surface area contributed by atoms with E-state index in [1.165, 1.54) is 35.3 Å². The lowest BCUT2D eigenvalue weighted by Gasteiger charge is -2.34. The third kappa shape index (κ3) is 3.13. The highest BCUT2D eigenvalue weighted by molar-refractivity contribution is 5.92. The molecule has 130 valence electrons. The van der Waals surface area contributed by atoms with Crippen molar-refractivity contribution in [3.63, 3.8) is 0 Å². The number of aryl methyl sites for hydroxylation is 2. The lowest BCUT2D eigenvalue weighted by molar-refractivity contribution is 0.478. The fraction of sp³-hybridized carbons (Fsp3) is 0.429. The molecule has 4 nitrogen and oxygen atoms in total. The van der Waals surface area contributed by atoms with Gasteiger partial charge in [0.05, 0.1) is 5.52 Å². The second-order valence-corrected chi connectivity index (χ2v) is 7.04. The van der Waals surface area contributed by atoms with E-state index in [1.807, 2.05) is 10.9 Å². The average molecular weight is 334 g/mol. The summed E-state index contributed by atoms with van der Waals surface area (Å²) < 4.78 is 2.03. The normalized spacial score (nSPS) is 15.8. The van der Waals surface area contributed by atoms with Gasteiger partial charge < -0.3 is 4.90 Å². The van der Waals surface area contributed by atoms with Crippen LogP contribution in [0.25, 0.3) is 10.9 Å². The van der Waals surface area contributed by atoms with Crippen molar-refractivity contribution < 1.29 is 0 Å². The van der Waals surface area contributed by atoms with Crippen LogP contribution in [-0.2, 0) is 13.5 Å². The lowest BCUT2D eigenvalue weighted by atomic mass is 9.93. The Morgan fingerprint density at radius 3 is 2.64 bits per heavy atom. The molecule has 1 aliphatic heterocycles. The maximum Gasteiger partial charge on any atom is 0.0726 e. The molecule has 4 rings (SSSR count). The number of nitrogens with zero attached hydrogens (tertiary/aromatic N) is 4. The minimum absolute atomic E-state index is 0.618. The van der Waals surface area contributed by atoms with Crippen molar-refractivity contribution in [1.29, 1.82) is 0 Å². The molecular weight excluding hydrogens is 308 g/mol. The number of benzene rings is 1. The molecule has 0 bridgehead atoms. The van der Waals surface area contributed by atoms with Crippen LogP contribution in [0.2, 0.25) is 0 Å². The summed E-state index contributed by atoms with van der Waals surface area (Å²) in [5.74, 6) is 0.618. The molecule has 1 aliphatic rings. The molecule has 0 N–H and O–H groups in total. The van der Waals surface area contributed by atoms with E-state index in [2.05, 4.69) is 60.4 Å². The average Bonchev–Trinajstić information content (AvgIpc) is 3.07. The fourth-order valence-electron chi connectivity index (χ4n) is 4.06. The Morgan fingerprint density at radius 1 is 1.12 bits per heavy atom. The van der Waals surface area contributed by atoms with Gasteiger partial charge in [0, 0.05) is 54.7 Å². The van der Waals surface area contributed by atoms with Gasteiger partial charge in [-0.2, -0.15) is 5.10 Å². The maximum absolute atomic E-state index is 4.85. The van der Waals surface area contributed by atoms with E-state index in [4.69, 9.17) is 4.98 Å². The van der Waals surface area contributed by atoms with Crippen LogP contribution in [0.1, 0.15) is 43.5 Å². The molecule has 1 aromatic carbocycles. The van der Waals surface area contributed by atoms with Gasteiger partial charge in [-0.1, -0.05) is 31.5 Å². The summed E-state index contributed by atoms with van der Waals surface area (Å²) in [7, 11) is 2.05. The van der Waals surface area contributed by atoms with Gasteiger partial charge in [-0.3, -0.25) is 9.67 Å². The van der Waals surface area contributed by atoms with Crippen molar-refractivity contribution in [1.82, 2.24) is 14.8 Å². The summed E-state index contributed by atoms with van der Waals surface area (Å²) in [4.78, 5) is 7.40.